The molecule has 2 aliphatic rings. The maximum atomic E-state index is 14.4. The number of benzene rings is 1. The third-order valence-corrected chi connectivity index (χ3v) is 6.69. The van der Waals surface area contributed by atoms with E-state index in [4.69, 9.17) is 4.74 Å². The van der Waals surface area contributed by atoms with E-state index in [-0.39, 0.29) is 24.2 Å². The number of nitrogens with zero attached hydrogens (tertiary/aromatic N) is 3. The molecule has 0 unspecified atom stereocenters. The summed E-state index contributed by atoms with van der Waals surface area (Å²) in [6, 6.07) is 10.3. The summed E-state index contributed by atoms with van der Waals surface area (Å²) < 4.78 is 20.3. The van der Waals surface area contributed by atoms with Gasteiger partial charge in [0.15, 0.2) is 0 Å². The van der Waals surface area contributed by atoms with Gasteiger partial charge in [-0.25, -0.2) is 4.39 Å². The highest BCUT2D eigenvalue weighted by Gasteiger charge is 2.47. The van der Waals surface area contributed by atoms with Crippen molar-refractivity contribution in [1.29, 1.82) is 0 Å². The molecule has 1 atom stereocenters. The quantitative estimate of drug-likeness (QED) is 0.751. The Hall–Kier alpha value is -3.00. The Morgan fingerprint density at radius 1 is 1.12 bits per heavy atom. The molecule has 1 aromatic heterocycles. The van der Waals surface area contributed by atoms with Gasteiger partial charge in [0, 0.05) is 26.2 Å². The van der Waals surface area contributed by atoms with Gasteiger partial charge < -0.3 is 15.0 Å². The number of pyridine rings is 1. The number of rotatable bonds is 2. The minimum atomic E-state index is -0.772. The Morgan fingerprint density at radius 3 is 2.76 bits per heavy atom. The predicted molar refractivity (Wildman–Crippen MR) is 123 cm³/mol. The lowest BCUT2D eigenvalue weighted by Gasteiger charge is -2.37. The van der Waals surface area contributed by atoms with Crippen molar-refractivity contribution in [3.63, 3.8) is 0 Å². The van der Waals surface area contributed by atoms with Crippen molar-refractivity contribution in [3.8, 4) is 5.75 Å². The Morgan fingerprint density at radius 2 is 1.94 bits per heavy atom. The minimum absolute atomic E-state index is 0.0128. The van der Waals surface area contributed by atoms with Crippen molar-refractivity contribution >= 4 is 17.5 Å². The van der Waals surface area contributed by atoms with Crippen LogP contribution in [0.3, 0.4) is 0 Å². The largest absolute Gasteiger partial charge is 0.490 e. The van der Waals surface area contributed by atoms with Crippen LogP contribution >= 0.6 is 0 Å². The number of hydrogen-bond acceptors (Lipinski definition) is 5. The molecule has 1 aromatic carbocycles. The topological polar surface area (TPSA) is 74.8 Å². The lowest BCUT2D eigenvalue weighted by atomic mass is 9.88. The molecule has 8 heteroatoms. The first-order valence-electron chi connectivity index (χ1n) is 11.6. The van der Waals surface area contributed by atoms with E-state index in [0.717, 1.165) is 19.3 Å². The van der Waals surface area contributed by atoms with E-state index >= 15 is 0 Å². The van der Waals surface area contributed by atoms with Crippen molar-refractivity contribution in [1.82, 2.24) is 14.8 Å². The van der Waals surface area contributed by atoms with Crippen LogP contribution in [0.1, 0.15) is 44.7 Å². The number of likely N-dealkylation sites (tertiary alicyclic amines) is 1. The van der Waals surface area contributed by atoms with Crippen LogP contribution in [0.4, 0.5) is 10.1 Å². The maximum Gasteiger partial charge on any atom is 0.245 e. The second kappa shape index (κ2) is 10.3. The van der Waals surface area contributed by atoms with Gasteiger partial charge in [-0.05, 0) is 62.9 Å². The van der Waals surface area contributed by atoms with E-state index in [1.807, 2.05) is 24.3 Å². The fourth-order valence-electron chi connectivity index (χ4n) is 4.88. The molecule has 3 heterocycles. The fourth-order valence-corrected chi connectivity index (χ4v) is 4.88. The summed E-state index contributed by atoms with van der Waals surface area (Å²) in [5, 5.41) is 3.10. The molecule has 33 heavy (non-hydrogen) atoms. The molecule has 176 valence electrons. The smallest absolute Gasteiger partial charge is 0.245 e. The molecule has 0 bridgehead atoms. The van der Waals surface area contributed by atoms with Gasteiger partial charge in [-0.1, -0.05) is 12.1 Å². The third-order valence-electron chi connectivity index (χ3n) is 6.69. The zero-order valence-corrected chi connectivity index (χ0v) is 19.1. The van der Waals surface area contributed by atoms with Crippen molar-refractivity contribution in [3.05, 3.63) is 54.1 Å². The fraction of sp³-hybridized carbons (Fsp3) is 0.480. The first kappa shape index (κ1) is 23.2. The van der Waals surface area contributed by atoms with Gasteiger partial charge in [0.1, 0.15) is 23.7 Å². The van der Waals surface area contributed by atoms with E-state index in [9.17, 15) is 14.0 Å². The van der Waals surface area contributed by atoms with Crippen LogP contribution in [0.25, 0.3) is 0 Å². The number of fused-ring (bicyclic) bond motifs is 1. The highest BCUT2D eigenvalue weighted by Crippen LogP contribution is 2.37. The summed E-state index contributed by atoms with van der Waals surface area (Å²) in [5.41, 5.74) is 0.180. The van der Waals surface area contributed by atoms with E-state index in [2.05, 4.69) is 15.2 Å². The number of carbonyl (C=O) groups is 2. The molecule has 2 aliphatic heterocycles. The highest BCUT2D eigenvalue weighted by atomic mass is 19.1. The van der Waals surface area contributed by atoms with Crippen LogP contribution in [0, 0.1) is 5.82 Å². The molecular formula is C25H31FN4O3. The summed E-state index contributed by atoms with van der Waals surface area (Å²) in [4.78, 5) is 33.9. The Labute approximate surface area is 193 Å². The SMILES string of the molecule is CC(=O)N1CCCC[C@@]2(CCCN2Cc2ncccc2F)C(=O)Nc2ccccc2OCC1. The Balaban J connectivity index is 1.64. The number of amides is 2. The first-order valence-corrected chi connectivity index (χ1v) is 11.6. The van der Waals surface area contributed by atoms with Crippen molar-refractivity contribution < 1.29 is 18.7 Å². The van der Waals surface area contributed by atoms with Crippen LogP contribution in [0.15, 0.2) is 42.6 Å². The molecule has 0 radical (unpaired) electrons. The summed E-state index contributed by atoms with van der Waals surface area (Å²) in [7, 11) is 0. The molecule has 1 fully saturated rings. The van der Waals surface area contributed by atoms with Gasteiger partial charge in [-0.15, -0.1) is 0 Å². The van der Waals surface area contributed by atoms with Gasteiger partial charge >= 0.3 is 0 Å². The lowest BCUT2D eigenvalue weighted by molar-refractivity contribution is -0.130. The van der Waals surface area contributed by atoms with Crippen LogP contribution in [-0.2, 0) is 16.1 Å². The molecule has 1 spiro atoms. The molecule has 2 amide bonds. The molecule has 7 nitrogen and oxygen atoms in total. The second-order valence-electron chi connectivity index (χ2n) is 8.75. The third kappa shape index (κ3) is 5.16. The Kier molecular flexibility index (Phi) is 7.23. The predicted octanol–water partition coefficient (Wildman–Crippen LogP) is 3.61. The number of anilines is 1. The first-order chi connectivity index (χ1) is 16.0. The molecule has 0 saturated carbocycles. The van der Waals surface area contributed by atoms with E-state index in [1.165, 1.54) is 6.07 Å². The van der Waals surface area contributed by atoms with Gasteiger partial charge in [0.25, 0.3) is 0 Å². The molecular weight excluding hydrogens is 423 g/mol. The summed E-state index contributed by atoms with van der Waals surface area (Å²) in [6.07, 6.45) is 5.30. The van der Waals surface area contributed by atoms with Crippen molar-refractivity contribution in [2.24, 2.45) is 0 Å². The number of nitrogens with one attached hydrogen (secondary N) is 1. The lowest BCUT2D eigenvalue weighted by Crippen LogP contribution is -2.53. The molecule has 2 aromatic rings. The van der Waals surface area contributed by atoms with Gasteiger partial charge in [0.2, 0.25) is 11.8 Å². The summed E-state index contributed by atoms with van der Waals surface area (Å²) in [5.74, 6) is 0.123. The number of halogens is 1. The monoisotopic (exact) mass is 454 g/mol. The highest BCUT2D eigenvalue weighted by molar-refractivity contribution is 5.99. The zero-order valence-electron chi connectivity index (χ0n) is 19.1. The molecule has 4 rings (SSSR count). The van der Waals surface area contributed by atoms with E-state index in [0.29, 0.717) is 56.2 Å². The maximum absolute atomic E-state index is 14.4. The molecule has 1 N–H and O–H groups in total. The normalized spacial score (nSPS) is 22.5. The van der Waals surface area contributed by atoms with Crippen LogP contribution in [0.2, 0.25) is 0 Å². The Bertz CT molecular complexity index is 1000. The van der Waals surface area contributed by atoms with Crippen LogP contribution < -0.4 is 10.1 Å². The average molecular weight is 455 g/mol. The summed E-state index contributed by atoms with van der Waals surface area (Å²) >= 11 is 0. The number of carbonyl (C=O) groups excluding carboxylic acids is 2. The number of ether oxygens (including phenoxy) is 1. The number of aromatic nitrogens is 1. The van der Waals surface area contributed by atoms with Gasteiger partial charge in [-0.2, -0.15) is 0 Å². The zero-order chi connectivity index (χ0) is 23.3. The average Bonchev–Trinajstić information content (AvgIpc) is 3.21. The minimum Gasteiger partial charge on any atom is -0.490 e. The second-order valence-corrected chi connectivity index (χ2v) is 8.75. The van der Waals surface area contributed by atoms with E-state index < -0.39 is 5.54 Å². The number of hydrogen-bond donors (Lipinski definition) is 1. The van der Waals surface area contributed by atoms with Gasteiger partial charge in [0.05, 0.1) is 17.9 Å². The van der Waals surface area contributed by atoms with Crippen LogP contribution in [-0.4, -0.2) is 58.4 Å². The van der Waals surface area contributed by atoms with Gasteiger partial charge in [-0.3, -0.25) is 19.5 Å². The van der Waals surface area contributed by atoms with Crippen molar-refractivity contribution in [2.45, 2.75) is 51.1 Å². The van der Waals surface area contributed by atoms with E-state index in [1.54, 1.807) is 24.1 Å². The van der Waals surface area contributed by atoms with Crippen LogP contribution in [0.5, 0.6) is 5.75 Å². The number of para-hydroxylation sites is 2. The standard InChI is InChI=1S/C25H31FN4O3/c1-19(31)29-14-5-4-11-25(12-7-15-30(25)18-22-20(26)8-6-13-27-22)24(32)28-21-9-2-3-10-23(21)33-17-16-29/h2-3,6,8-10,13H,4-5,7,11-12,14-18H2,1H3,(H,28,32)/t25-/m1/s1. The molecule has 1 saturated heterocycles. The molecule has 0 aliphatic carbocycles. The summed E-state index contributed by atoms with van der Waals surface area (Å²) in [6.45, 7) is 4.00. The van der Waals surface area contributed by atoms with Crippen molar-refractivity contribution in [2.75, 3.05) is 31.6 Å².